The molecule has 2 nitrogen and oxygen atoms in total. The molecule has 0 saturated heterocycles. The predicted molar refractivity (Wildman–Crippen MR) is 117 cm³/mol. The number of hydrogen-bond acceptors (Lipinski definition) is 3. The zero-order valence-corrected chi connectivity index (χ0v) is 18.4. The summed E-state index contributed by atoms with van der Waals surface area (Å²) in [5, 5.41) is 10.9. The molecule has 0 amide bonds. The molecule has 0 aromatic heterocycles. The van der Waals surface area contributed by atoms with Gasteiger partial charge in [0, 0.05) is 22.4 Å². The van der Waals surface area contributed by atoms with Crippen molar-refractivity contribution in [2.45, 2.75) is 65.2 Å². The molecule has 0 aliphatic heterocycles. The maximum Gasteiger partial charge on any atom is 0.219 e. The quantitative estimate of drug-likeness (QED) is 0.640. The SMILES string of the molecule is CC(CSC(=O)c1cc(C(C)(C)C)c(O)c(C(C)(C)C)c1)c1ccccc1. The first-order valence-corrected chi connectivity index (χ1v) is 10.5. The molecule has 2 rings (SSSR count). The summed E-state index contributed by atoms with van der Waals surface area (Å²) in [6, 6.07) is 14.0. The first-order valence-electron chi connectivity index (χ1n) is 9.51. The van der Waals surface area contributed by atoms with Crippen LogP contribution in [0.3, 0.4) is 0 Å². The van der Waals surface area contributed by atoms with Crippen LogP contribution in [-0.4, -0.2) is 16.0 Å². The van der Waals surface area contributed by atoms with Gasteiger partial charge in [-0.25, -0.2) is 0 Å². The lowest BCUT2D eigenvalue weighted by Crippen LogP contribution is -2.18. The molecule has 2 aromatic rings. The van der Waals surface area contributed by atoms with Crippen LogP contribution in [0.5, 0.6) is 5.75 Å². The highest BCUT2D eigenvalue weighted by Gasteiger charge is 2.28. The van der Waals surface area contributed by atoms with Crippen molar-refractivity contribution in [1.82, 2.24) is 0 Å². The Labute approximate surface area is 168 Å². The number of benzene rings is 2. The zero-order valence-electron chi connectivity index (χ0n) is 17.6. The standard InChI is InChI=1S/C24H32O2S/c1-16(17-11-9-8-10-12-17)15-27-22(26)18-13-19(23(2,3)4)21(25)20(14-18)24(5,6)7/h8-14,16,25H,15H2,1-7H3. The number of phenols is 1. The van der Waals surface area contributed by atoms with Crippen molar-refractivity contribution in [3.8, 4) is 5.75 Å². The summed E-state index contributed by atoms with van der Waals surface area (Å²) in [5.74, 6) is 1.36. The van der Waals surface area contributed by atoms with E-state index in [1.807, 2.05) is 30.3 Å². The van der Waals surface area contributed by atoms with E-state index in [1.54, 1.807) is 0 Å². The smallest absolute Gasteiger partial charge is 0.219 e. The Balaban J connectivity index is 2.30. The molecule has 0 bridgehead atoms. The molecular formula is C24H32O2S. The van der Waals surface area contributed by atoms with E-state index in [4.69, 9.17) is 0 Å². The first-order chi connectivity index (χ1) is 12.4. The van der Waals surface area contributed by atoms with Crippen molar-refractivity contribution >= 4 is 16.9 Å². The maximum absolute atomic E-state index is 12.9. The van der Waals surface area contributed by atoms with Gasteiger partial charge in [-0.3, -0.25) is 4.79 Å². The molecule has 0 radical (unpaired) electrons. The fourth-order valence-corrected chi connectivity index (χ4v) is 3.94. The van der Waals surface area contributed by atoms with E-state index in [1.165, 1.54) is 17.3 Å². The lowest BCUT2D eigenvalue weighted by atomic mass is 9.78. The van der Waals surface area contributed by atoms with E-state index in [-0.39, 0.29) is 15.9 Å². The zero-order chi connectivity index (χ0) is 20.4. The van der Waals surface area contributed by atoms with Crippen LogP contribution in [0.25, 0.3) is 0 Å². The predicted octanol–water partition coefficient (Wildman–Crippen LogP) is 6.66. The van der Waals surface area contributed by atoms with Gasteiger partial charge in [0.25, 0.3) is 0 Å². The second kappa shape index (κ2) is 8.10. The Hall–Kier alpha value is -1.74. The maximum atomic E-state index is 12.9. The molecule has 2 aromatic carbocycles. The van der Waals surface area contributed by atoms with Gasteiger partial charge >= 0.3 is 0 Å². The number of carbonyl (C=O) groups excluding carboxylic acids is 1. The molecule has 0 aliphatic rings. The first kappa shape index (κ1) is 21.6. The Bertz CT molecular complexity index is 760. The van der Waals surface area contributed by atoms with E-state index in [0.29, 0.717) is 17.2 Å². The van der Waals surface area contributed by atoms with Crippen LogP contribution < -0.4 is 0 Å². The lowest BCUT2D eigenvalue weighted by Gasteiger charge is -2.28. The monoisotopic (exact) mass is 384 g/mol. The Morgan fingerprint density at radius 1 is 0.963 bits per heavy atom. The minimum atomic E-state index is -0.234. The average Bonchev–Trinajstić information content (AvgIpc) is 2.58. The van der Waals surface area contributed by atoms with Crippen LogP contribution in [0, 0.1) is 0 Å². The molecule has 27 heavy (non-hydrogen) atoms. The Morgan fingerprint density at radius 2 is 1.44 bits per heavy atom. The van der Waals surface area contributed by atoms with Crippen molar-refractivity contribution in [2.24, 2.45) is 0 Å². The van der Waals surface area contributed by atoms with Crippen molar-refractivity contribution in [3.05, 3.63) is 64.7 Å². The normalized spacial score (nSPS) is 13.4. The number of carbonyl (C=O) groups is 1. The van der Waals surface area contributed by atoms with E-state index in [0.717, 1.165) is 16.9 Å². The second-order valence-electron chi connectivity index (χ2n) is 9.33. The summed E-state index contributed by atoms with van der Waals surface area (Å²) in [5.41, 5.74) is 3.11. The third-order valence-electron chi connectivity index (χ3n) is 4.79. The highest BCUT2D eigenvalue weighted by atomic mass is 32.2. The van der Waals surface area contributed by atoms with Gasteiger partial charge in [-0.15, -0.1) is 0 Å². The van der Waals surface area contributed by atoms with Crippen molar-refractivity contribution < 1.29 is 9.90 Å². The third-order valence-corrected chi connectivity index (χ3v) is 5.96. The second-order valence-corrected chi connectivity index (χ2v) is 10.3. The van der Waals surface area contributed by atoms with Crippen molar-refractivity contribution in [2.75, 3.05) is 5.75 Å². The minimum absolute atomic E-state index is 0.0637. The fraction of sp³-hybridized carbons (Fsp3) is 0.458. The van der Waals surface area contributed by atoms with Gasteiger partial charge < -0.3 is 5.11 Å². The summed E-state index contributed by atoms with van der Waals surface area (Å²) in [6.07, 6.45) is 0. The number of phenolic OH excluding ortho intramolecular Hbond substituents is 1. The largest absolute Gasteiger partial charge is 0.507 e. The molecule has 146 valence electrons. The number of thioether (sulfide) groups is 1. The molecule has 0 saturated carbocycles. The number of aromatic hydroxyl groups is 1. The van der Waals surface area contributed by atoms with Crippen LogP contribution in [0.4, 0.5) is 0 Å². The average molecular weight is 385 g/mol. The van der Waals surface area contributed by atoms with Gasteiger partial charge in [0.2, 0.25) is 5.12 Å². The van der Waals surface area contributed by atoms with Crippen LogP contribution in [0.15, 0.2) is 42.5 Å². The molecule has 0 heterocycles. The van der Waals surface area contributed by atoms with E-state index < -0.39 is 0 Å². The van der Waals surface area contributed by atoms with Gasteiger partial charge in [-0.1, -0.05) is 90.6 Å². The molecule has 0 aliphatic carbocycles. The number of rotatable bonds is 4. The minimum Gasteiger partial charge on any atom is -0.507 e. The van der Waals surface area contributed by atoms with Crippen molar-refractivity contribution in [1.29, 1.82) is 0 Å². The highest BCUT2D eigenvalue weighted by molar-refractivity contribution is 8.14. The summed E-state index contributed by atoms with van der Waals surface area (Å²) in [4.78, 5) is 12.9. The third kappa shape index (κ3) is 5.38. The van der Waals surface area contributed by atoms with Gasteiger partial charge in [0.1, 0.15) is 5.75 Å². The van der Waals surface area contributed by atoms with E-state index >= 15 is 0 Å². The van der Waals surface area contributed by atoms with Crippen molar-refractivity contribution in [3.63, 3.8) is 0 Å². The summed E-state index contributed by atoms with van der Waals surface area (Å²) < 4.78 is 0. The van der Waals surface area contributed by atoms with Crippen LogP contribution in [-0.2, 0) is 10.8 Å². The molecular weight excluding hydrogens is 352 g/mol. The fourth-order valence-electron chi connectivity index (χ4n) is 3.06. The molecule has 1 N–H and O–H groups in total. The Kier molecular flexibility index (Phi) is 6.47. The van der Waals surface area contributed by atoms with E-state index in [9.17, 15) is 9.90 Å². The molecule has 3 heteroatoms. The van der Waals surface area contributed by atoms with Crippen LogP contribution in [0.1, 0.15) is 81.4 Å². The Morgan fingerprint density at radius 3 is 1.89 bits per heavy atom. The number of hydrogen-bond donors (Lipinski definition) is 1. The molecule has 1 unspecified atom stereocenters. The van der Waals surface area contributed by atoms with Crippen LogP contribution >= 0.6 is 11.8 Å². The van der Waals surface area contributed by atoms with Gasteiger partial charge in [-0.2, -0.15) is 0 Å². The van der Waals surface area contributed by atoms with Gasteiger partial charge in [0.05, 0.1) is 0 Å². The summed E-state index contributed by atoms with van der Waals surface area (Å²) in [7, 11) is 0. The molecule has 0 fully saturated rings. The van der Waals surface area contributed by atoms with Gasteiger partial charge in [0.15, 0.2) is 0 Å². The topological polar surface area (TPSA) is 37.3 Å². The van der Waals surface area contributed by atoms with Crippen LogP contribution in [0.2, 0.25) is 0 Å². The summed E-state index contributed by atoms with van der Waals surface area (Å²) >= 11 is 1.36. The highest BCUT2D eigenvalue weighted by Crippen LogP contribution is 2.40. The molecule has 0 spiro atoms. The van der Waals surface area contributed by atoms with Gasteiger partial charge in [-0.05, 0) is 34.4 Å². The summed E-state index contributed by atoms with van der Waals surface area (Å²) in [6.45, 7) is 14.5. The molecule has 1 atom stereocenters. The lowest BCUT2D eigenvalue weighted by molar-refractivity contribution is 0.108. The van der Waals surface area contributed by atoms with E-state index in [2.05, 4.69) is 60.6 Å².